The van der Waals surface area contributed by atoms with Crippen LogP contribution in [-0.4, -0.2) is 30.2 Å². The Bertz CT molecular complexity index is 1020. The molecule has 0 saturated carbocycles. The number of nitrogens with one attached hydrogen (secondary N) is 1. The van der Waals surface area contributed by atoms with Crippen molar-refractivity contribution in [1.82, 2.24) is 5.32 Å². The van der Waals surface area contributed by atoms with Gasteiger partial charge < -0.3 is 23.6 Å². The smallest absolute Gasteiger partial charge is 0.379 e. The van der Waals surface area contributed by atoms with Crippen LogP contribution in [0.15, 0.2) is 69.9 Å². The van der Waals surface area contributed by atoms with Crippen molar-refractivity contribution in [1.29, 1.82) is 0 Å². The highest BCUT2D eigenvalue weighted by Gasteiger charge is 2.14. The third-order valence-electron chi connectivity index (χ3n) is 4.07. The quantitative estimate of drug-likeness (QED) is 0.299. The van der Waals surface area contributed by atoms with Crippen molar-refractivity contribution in [2.24, 2.45) is 0 Å². The van der Waals surface area contributed by atoms with Gasteiger partial charge in [-0.1, -0.05) is 0 Å². The van der Waals surface area contributed by atoms with Gasteiger partial charge in [0.1, 0.15) is 11.5 Å². The fourth-order valence-electron chi connectivity index (χ4n) is 2.47. The van der Waals surface area contributed by atoms with Crippen LogP contribution in [0, 0.1) is 0 Å². The van der Waals surface area contributed by atoms with E-state index in [-0.39, 0.29) is 42.4 Å². The molecule has 3 rings (SSSR count). The molecule has 1 amide bonds. The molecule has 160 valence electrons. The van der Waals surface area contributed by atoms with Gasteiger partial charge in [-0.05, 0) is 48.5 Å². The first-order valence-corrected chi connectivity index (χ1v) is 9.35. The summed E-state index contributed by atoms with van der Waals surface area (Å²) in [6, 6.07) is 12.2. The predicted molar refractivity (Wildman–Crippen MR) is 105 cm³/mol. The average molecular weight is 425 g/mol. The van der Waals surface area contributed by atoms with Crippen molar-refractivity contribution in [3.8, 4) is 5.75 Å². The Morgan fingerprint density at radius 1 is 0.871 bits per heavy atom. The SMILES string of the molecule is O=C(CCC(=O)OCC(=O)c1ccc(OC(=O)c2ccco2)cc1)NCc1ccco1. The fourth-order valence-corrected chi connectivity index (χ4v) is 2.47. The molecule has 9 nitrogen and oxygen atoms in total. The number of Topliss-reactive ketones (excluding diaryl/α,β-unsaturated/α-hetero) is 1. The lowest BCUT2D eigenvalue weighted by Crippen LogP contribution is -2.23. The summed E-state index contributed by atoms with van der Waals surface area (Å²) >= 11 is 0. The highest BCUT2D eigenvalue weighted by Crippen LogP contribution is 2.15. The number of carbonyl (C=O) groups is 4. The number of hydrogen-bond acceptors (Lipinski definition) is 8. The monoisotopic (exact) mass is 425 g/mol. The van der Waals surface area contributed by atoms with Crippen LogP contribution in [0.1, 0.15) is 39.5 Å². The Morgan fingerprint density at radius 2 is 1.61 bits per heavy atom. The zero-order valence-corrected chi connectivity index (χ0v) is 16.4. The number of ketones is 1. The van der Waals surface area contributed by atoms with Gasteiger partial charge >= 0.3 is 11.9 Å². The van der Waals surface area contributed by atoms with E-state index in [9.17, 15) is 19.2 Å². The standard InChI is InChI=1S/C22H19NO8/c24-18(14-30-21(26)10-9-20(25)23-13-17-3-1-11-28-17)15-5-7-16(8-6-15)31-22(27)19-4-2-12-29-19/h1-8,11-12H,9-10,13-14H2,(H,23,25). The Balaban J connectivity index is 1.37. The molecule has 0 bridgehead atoms. The Morgan fingerprint density at radius 3 is 2.29 bits per heavy atom. The third kappa shape index (κ3) is 6.70. The zero-order valence-electron chi connectivity index (χ0n) is 16.4. The van der Waals surface area contributed by atoms with Crippen molar-refractivity contribution in [3.63, 3.8) is 0 Å². The summed E-state index contributed by atoms with van der Waals surface area (Å²) in [5.41, 5.74) is 0.279. The van der Waals surface area contributed by atoms with E-state index in [0.29, 0.717) is 5.76 Å². The Labute approximate surface area is 176 Å². The van der Waals surface area contributed by atoms with E-state index in [1.54, 1.807) is 18.2 Å². The number of amides is 1. The van der Waals surface area contributed by atoms with Gasteiger partial charge in [0.25, 0.3) is 0 Å². The molecule has 31 heavy (non-hydrogen) atoms. The molecule has 3 aromatic rings. The normalized spacial score (nSPS) is 10.3. The van der Waals surface area contributed by atoms with Gasteiger partial charge in [0.15, 0.2) is 12.4 Å². The lowest BCUT2D eigenvalue weighted by Gasteiger charge is -2.06. The largest absolute Gasteiger partial charge is 0.467 e. The first-order valence-electron chi connectivity index (χ1n) is 9.35. The van der Waals surface area contributed by atoms with E-state index in [0.717, 1.165) is 0 Å². The summed E-state index contributed by atoms with van der Waals surface area (Å²) < 4.78 is 20.1. The number of hydrogen-bond donors (Lipinski definition) is 1. The van der Waals surface area contributed by atoms with Crippen LogP contribution >= 0.6 is 0 Å². The maximum atomic E-state index is 12.2. The van der Waals surface area contributed by atoms with Gasteiger partial charge in [-0.2, -0.15) is 0 Å². The van der Waals surface area contributed by atoms with Crippen LogP contribution in [0.2, 0.25) is 0 Å². The maximum absolute atomic E-state index is 12.2. The summed E-state index contributed by atoms with van der Waals surface area (Å²) in [7, 11) is 0. The topological polar surface area (TPSA) is 125 Å². The molecule has 0 spiro atoms. The minimum Gasteiger partial charge on any atom is -0.467 e. The van der Waals surface area contributed by atoms with Gasteiger partial charge in [0.05, 0.1) is 25.5 Å². The molecule has 1 N–H and O–H groups in total. The first-order chi connectivity index (χ1) is 15.0. The summed E-state index contributed by atoms with van der Waals surface area (Å²) in [4.78, 5) is 47.4. The average Bonchev–Trinajstić information content (AvgIpc) is 3.49. The predicted octanol–water partition coefficient (Wildman–Crippen LogP) is 2.91. The highest BCUT2D eigenvalue weighted by molar-refractivity contribution is 5.98. The molecular weight excluding hydrogens is 406 g/mol. The number of carbonyl (C=O) groups excluding carboxylic acids is 4. The summed E-state index contributed by atoms with van der Waals surface area (Å²) in [6.45, 7) is -0.232. The highest BCUT2D eigenvalue weighted by atomic mass is 16.5. The molecule has 2 heterocycles. The van der Waals surface area contributed by atoms with Crippen molar-refractivity contribution >= 4 is 23.6 Å². The van der Waals surface area contributed by atoms with E-state index in [1.807, 2.05) is 0 Å². The van der Waals surface area contributed by atoms with E-state index < -0.39 is 24.3 Å². The lowest BCUT2D eigenvalue weighted by molar-refractivity contribution is -0.143. The molecule has 1 aromatic carbocycles. The van der Waals surface area contributed by atoms with E-state index in [1.165, 1.54) is 42.9 Å². The summed E-state index contributed by atoms with van der Waals surface area (Å²) in [5, 5.41) is 2.61. The fraction of sp³-hybridized carbons (Fsp3) is 0.182. The molecule has 9 heteroatoms. The van der Waals surface area contributed by atoms with Gasteiger partial charge in [-0.25, -0.2) is 4.79 Å². The lowest BCUT2D eigenvalue weighted by atomic mass is 10.1. The van der Waals surface area contributed by atoms with Crippen molar-refractivity contribution in [3.05, 3.63) is 78.1 Å². The van der Waals surface area contributed by atoms with Crippen molar-refractivity contribution < 1.29 is 37.5 Å². The molecule has 0 atom stereocenters. The maximum Gasteiger partial charge on any atom is 0.379 e. The van der Waals surface area contributed by atoms with Gasteiger partial charge in [-0.3, -0.25) is 14.4 Å². The number of benzene rings is 1. The number of rotatable bonds is 10. The number of ether oxygens (including phenoxy) is 2. The van der Waals surface area contributed by atoms with Crippen LogP contribution in [0.25, 0.3) is 0 Å². The van der Waals surface area contributed by atoms with Gasteiger partial charge in [0.2, 0.25) is 11.7 Å². The molecule has 0 saturated heterocycles. The minimum atomic E-state index is -0.662. The van der Waals surface area contributed by atoms with Gasteiger partial charge in [0, 0.05) is 12.0 Å². The van der Waals surface area contributed by atoms with Crippen LogP contribution in [0.3, 0.4) is 0 Å². The molecule has 0 unspecified atom stereocenters. The molecule has 0 aliphatic carbocycles. The van der Waals surface area contributed by atoms with Crippen LogP contribution in [0.5, 0.6) is 5.75 Å². The second-order valence-electron chi connectivity index (χ2n) is 6.33. The Kier molecular flexibility index (Phi) is 7.36. The molecule has 2 aromatic heterocycles. The third-order valence-corrected chi connectivity index (χ3v) is 4.07. The summed E-state index contributed by atoms with van der Waals surface area (Å²) in [5.74, 6) is -1.20. The zero-order chi connectivity index (χ0) is 22.1. The number of furan rings is 2. The Hall–Kier alpha value is -4.14. The first kappa shape index (κ1) is 21.6. The summed E-state index contributed by atoms with van der Waals surface area (Å²) in [6.07, 6.45) is 2.63. The molecule has 0 aliphatic rings. The van der Waals surface area contributed by atoms with Crippen LogP contribution < -0.4 is 10.1 Å². The van der Waals surface area contributed by atoms with E-state index in [2.05, 4.69) is 5.32 Å². The molecule has 0 radical (unpaired) electrons. The van der Waals surface area contributed by atoms with E-state index >= 15 is 0 Å². The second kappa shape index (κ2) is 10.6. The van der Waals surface area contributed by atoms with Crippen LogP contribution in [-0.2, 0) is 20.9 Å². The van der Waals surface area contributed by atoms with Gasteiger partial charge in [-0.15, -0.1) is 0 Å². The molecule has 0 fully saturated rings. The van der Waals surface area contributed by atoms with Crippen molar-refractivity contribution in [2.75, 3.05) is 6.61 Å². The van der Waals surface area contributed by atoms with Crippen LogP contribution in [0.4, 0.5) is 0 Å². The number of esters is 2. The molecule has 0 aliphatic heterocycles. The van der Waals surface area contributed by atoms with Crippen molar-refractivity contribution in [2.45, 2.75) is 19.4 Å². The minimum absolute atomic E-state index is 0.0571. The molecular formula is C22H19NO8. The second-order valence-corrected chi connectivity index (χ2v) is 6.33. The van der Waals surface area contributed by atoms with E-state index in [4.69, 9.17) is 18.3 Å².